The summed E-state index contributed by atoms with van der Waals surface area (Å²) >= 11 is 0. The van der Waals surface area contributed by atoms with Gasteiger partial charge in [-0.1, -0.05) is 48.5 Å². The van der Waals surface area contributed by atoms with Gasteiger partial charge in [0.05, 0.1) is 24.9 Å². The van der Waals surface area contributed by atoms with Gasteiger partial charge in [0.2, 0.25) is 11.8 Å². The first-order valence-electron chi connectivity index (χ1n) is 11.5. The first-order valence-corrected chi connectivity index (χ1v) is 11.5. The number of hydrogen-bond acceptors (Lipinski definition) is 5. The maximum absolute atomic E-state index is 12.8. The highest BCUT2D eigenvalue weighted by atomic mass is 16.5. The van der Waals surface area contributed by atoms with Gasteiger partial charge in [-0.25, -0.2) is 0 Å². The summed E-state index contributed by atoms with van der Waals surface area (Å²) in [7, 11) is 0. The Bertz CT molecular complexity index is 1110. The first-order chi connectivity index (χ1) is 16.6. The van der Waals surface area contributed by atoms with Crippen molar-refractivity contribution >= 4 is 23.3 Å². The van der Waals surface area contributed by atoms with Gasteiger partial charge in [-0.15, -0.1) is 0 Å². The summed E-state index contributed by atoms with van der Waals surface area (Å²) in [6.07, 6.45) is 4.92. The minimum Gasteiger partial charge on any atom is -0.493 e. The molecule has 1 N–H and O–H groups in total. The molecule has 8 nitrogen and oxygen atoms in total. The molecular formula is C26H28N4O4. The third-order valence-electron chi connectivity index (χ3n) is 5.76. The number of nitrogens with zero attached hydrogens (tertiary/aromatic N) is 3. The third-order valence-corrected chi connectivity index (χ3v) is 5.76. The Kier molecular flexibility index (Phi) is 7.70. The first kappa shape index (κ1) is 23.2. The average molecular weight is 461 g/mol. The van der Waals surface area contributed by atoms with E-state index in [0.717, 1.165) is 12.8 Å². The summed E-state index contributed by atoms with van der Waals surface area (Å²) in [6, 6.07) is 18.5. The van der Waals surface area contributed by atoms with E-state index in [1.807, 2.05) is 60.7 Å². The van der Waals surface area contributed by atoms with E-state index in [-0.39, 0.29) is 43.1 Å². The van der Waals surface area contributed by atoms with Crippen molar-refractivity contribution in [1.82, 2.24) is 14.7 Å². The topological polar surface area (TPSA) is 93.5 Å². The van der Waals surface area contributed by atoms with Crippen molar-refractivity contribution < 1.29 is 19.1 Å². The molecule has 1 aliphatic rings. The second-order valence-corrected chi connectivity index (χ2v) is 8.30. The molecule has 1 fully saturated rings. The third kappa shape index (κ3) is 6.31. The van der Waals surface area contributed by atoms with Gasteiger partial charge in [0, 0.05) is 30.8 Å². The van der Waals surface area contributed by atoms with E-state index in [1.54, 1.807) is 11.1 Å². The van der Waals surface area contributed by atoms with E-state index in [9.17, 15) is 14.4 Å². The summed E-state index contributed by atoms with van der Waals surface area (Å²) in [5.41, 5.74) is 1.21. The van der Waals surface area contributed by atoms with Crippen molar-refractivity contribution in [2.45, 2.75) is 25.8 Å². The van der Waals surface area contributed by atoms with E-state index in [4.69, 9.17) is 4.74 Å². The quantitative estimate of drug-likeness (QED) is 0.494. The van der Waals surface area contributed by atoms with Crippen LogP contribution in [0.4, 0.5) is 5.69 Å². The number of aromatic nitrogens is 2. The van der Waals surface area contributed by atoms with E-state index in [2.05, 4.69) is 10.4 Å². The molecule has 1 atom stereocenters. The number of anilines is 1. The molecule has 1 saturated heterocycles. The van der Waals surface area contributed by atoms with Crippen LogP contribution in [0.25, 0.3) is 0 Å². The zero-order chi connectivity index (χ0) is 23.8. The van der Waals surface area contributed by atoms with Crippen molar-refractivity contribution in [2.75, 3.05) is 25.0 Å². The lowest BCUT2D eigenvalue weighted by Crippen LogP contribution is -2.43. The number of Topliss-reactive ketones (excluding diaryl/α,β-unsaturated/α-hetero) is 1. The van der Waals surface area contributed by atoms with Gasteiger partial charge in [-0.05, 0) is 25.0 Å². The standard InChI is InChI=1S/C26H28N4O4/c31-24(13-15-34-23-11-5-2-6-12-23)28-22-16-27-30(18-22)19-25(32)29-14-7-10-21(17-29)26(33)20-8-3-1-4-9-20/h1-6,8-9,11-12,16,18,21H,7,10,13-15,17,19H2,(H,28,31). The lowest BCUT2D eigenvalue weighted by molar-refractivity contribution is -0.133. The molecule has 1 unspecified atom stereocenters. The molecule has 34 heavy (non-hydrogen) atoms. The second-order valence-electron chi connectivity index (χ2n) is 8.30. The molecule has 176 valence electrons. The molecule has 0 spiro atoms. The fourth-order valence-electron chi connectivity index (χ4n) is 4.01. The molecular weight excluding hydrogens is 432 g/mol. The molecule has 3 aromatic rings. The van der Waals surface area contributed by atoms with Crippen molar-refractivity contribution in [3.05, 3.63) is 78.6 Å². The van der Waals surface area contributed by atoms with Crippen LogP contribution in [0, 0.1) is 5.92 Å². The van der Waals surface area contributed by atoms with Gasteiger partial charge >= 0.3 is 0 Å². The number of ketones is 1. The highest BCUT2D eigenvalue weighted by Crippen LogP contribution is 2.21. The Hall–Kier alpha value is -3.94. The molecule has 2 aromatic carbocycles. The monoisotopic (exact) mass is 460 g/mol. The number of para-hydroxylation sites is 1. The number of rotatable bonds is 9. The van der Waals surface area contributed by atoms with Gasteiger partial charge in [0.25, 0.3) is 0 Å². The highest BCUT2D eigenvalue weighted by molar-refractivity contribution is 5.98. The number of carbonyl (C=O) groups is 3. The van der Waals surface area contributed by atoms with Crippen LogP contribution in [-0.4, -0.2) is 52.0 Å². The number of piperidine rings is 1. The molecule has 2 heterocycles. The van der Waals surface area contributed by atoms with Crippen LogP contribution >= 0.6 is 0 Å². The van der Waals surface area contributed by atoms with Gasteiger partial charge in [0.1, 0.15) is 12.3 Å². The fraction of sp³-hybridized carbons (Fsp3) is 0.308. The van der Waals surface area contributed by atoms with E-state index < -0.39 is 0 Å². The molecule has 1 aliphatic heterocycles. The minimum absolute atomic E-state index is 0.0548. The zero-order valence-electron chi connectivity index (χ0n) is 18.9. The number of carbonyl (C=O) groups excluding carboxylic acids is 3. The lowest BCUT2D eigenvalue weighted by Gasteiger charge is -2.32. The number of benzene rings is 2. The number of nitrogens with one attached hydrogen (secondary N) is 1. The molecule has 0 bridgehead atoms. The second kappa shape index (κ2) is 11.3. The van der Waals surface area contributed by atoms with Crippen LogP contribution in [-0.2, 0) is 16.1 Å². The molecule has 8 heteroatoms. The summed E-state index contributed by atoms with van der Waals surface area (Å²) < 4.78 is 7.04. The predicted octanol–water partition coefficient (Wildman–Crippen LogP) is 3.41. The van der Waals surface area contributed by atoms with Gasteiger partial charge in [-0.2, -0.15) is 5.10 Å². The van der Waals surface area contributed by atoms with Crippen molar-refractivity contribution in [3.63, 3.8) is 0 Å². The summed E-state index contributed by atoms with van der Waals surface area (Å²) in [4.78, 5) is 39.5. The molecule has 0 aliphatic carbocycles. The summed E-state index contributed by atoms with van der Waals surface area (Å²) in [6.45, 7) is 1.36. The Morgan fingerprint density at radius 1 is 1.03 bits per heavy atom. The zero-order valence-corrected chi connectivity index (χ0v) is 18.9. The van der Waals surface area contributed by atoms with Gasteiger partial charge in [-0.3, -0.25) is 19.1 Å². The van der Waals surface area contributed by atoms with Crippen molar-refractivity contribution in [2.24, 2.45) is 5.92 Å². The van der Waals surface area contributed by atoms with Gasteiger partial charge < -0.3 is 15.0 Å². The summed E-state index contributed by atoms with van der Waals surface area (Å²) in [5.74, 6) is 0.319. The normalized spacial score (nSPS) is 15.5. The van der Waals surface area contributed by atoms with Crippen molar-refractivity contribution in [1.29, 1.82) is 0 Å². The molecule has 0 radical (unpaired) electrons. The predicted molar refractivity (Wildman–Crippen MR) is 127 cm³/mol. The molecule has 4 rings (SSSR count). The van der Waals surface area contributed by atoms with E-state index in [0.29, 0.717) is 30.1 Å². The van der Waals surface area contributed by atoms with Crippen LogP contribution in [0.2, 0.25) is 0 Å². The number of likely N-dealkylation sites (tertiary alicyclic amines) is 1. The van der Waals surface area contributed by atoms with Crippen LogP contribution in [0.5, 0.6) is 5.75 Å². The molecule has 2 amide bonds. The largest absolute Gasteiger partial charge is 0.493 e. The maximum Gasteiger partial charge on any atom is 0.244 e. The van der Waals surface area contributed by atoms with E-state index >= 15 is 0 Å². The van der Waals surface area contributed by atoms with Crippen LogP contribution < -0.4 is 10.1 Å². The lowest BCUT2D eigenvalue weighted by atomic mass is 9.90. The van der Waals surface area contributed by atoms with Crippen molar-refractivity contribution in [3.8, 4) is 5.75 Å². The van der Waals surface area contributed by atoms with Gasteiger partial charge in [0.15, 0.2) is 5.78 Å². The SMILES string of the molecule is O=C(CCOc1ccccc1)Nc1cnn(CC(=O)N2CCCC(C(=O)c3ccccc3)C2)c1. The molecule has 0 saturated carbocycles. The number of ether oxygens (including phenoxy) is 1. The fourth-order valence-corrected chi connectivity index (χ4v) is 4.01. The maximum atomic E-state index is 12.8. The Morgan fingerprint density at radius 2 is 1.76 bits per heavy atom. The van der Waals surface area contributed by atoms with Crippen LogP contribution in [0.15, 0.2) is 73.1 Å². The molecule has 1 aromatic heterocycles. The Labute approximate surface area is 198 Å². The smallest absolute Gasteiger partial charge is 0.244 e. The average Bonchev–Trinajstić information content (AvgIpc) is 3.31. The van der Waals surface area contributed by atoms with Crippen LogP contribution in [0.1, 0.15) is 29.6 Å². The number of amides is 2. The highest BCUT2D eigenvalue weighted by Gasteiger charge is 2.29. The summed E-state index contributed by atoms with van der Waals surface area (Å²) in [5, 5.41) is 6.96. The van der Waals surface area contributed by atoms with E-state index in [1.165, 1.54) is 10.9 Å². The Balaban J connectivity index is 1.24. The van der Waals surface area contributed by atoms with Crippen LogP contribution in [0.3, 0.4) is 0 Å². The minimum atomic E-state index is -0.194. The number of hydrogen-bond donors (Lipinski definition) is 1. The Morgan fingerprint density at radius 3 is 2.53 bits per heavy atom.